The zero-order valence-corrected chi connectivity index (χ0v) is 21.0. The number of nitrogens with zero attached hydrogens (tertiary/aromatic N) is 7. The van der Waals surface area contributed by atoms with E-state index in [9.17, 15) is 14.9 Å². The van der Waals surface area contributed by atoms with E-state index in [1.165, 1.54) is 10.8 Å². The van der Waals surface area contributed by atoms with Gasteiger partial charge in [-0.3, -0.25) is 23.5 Å². The van der Waals surface area contributed by atoms with E-state index in [0.29, 0.717) is 34.5 Å². The number of likely N-dealkylation sites (N-methyl/N-ethyl adjacent to an activating group) is 1. The summed E-state index contributed by atoms with van der Waals surface area (Å²) >= 11 is 0. The van der Waals surface area contributed by atoms with Crippen molar-refractivity contribution in [3.05, 3.63) is 62.6 Å². The molecular weight excluding hydrogens is 456 g/mol. The highest BCUT2D eigenvalue weighted by molar-refractivity contribution is 5.89. The minimum absolute atomic E-state index is 0.0562. The maximum atomic E-state index is 13.8. The lowest BCUT2D eigenvalue weighted by molar-refractivity contribution is 0.512. The van der Waals surface area contributed by atoms with Crippen LogP contribution in [0.4, 0.5) is 5.95 Å². The van der Waals surface area contributed by atoms with Gasteiger partial charge in [-0.15, -0.1) is 5.92 Å². The van der Waals surface area contributed by atoms with Crippen molar-refractivity contribution in [2.45, 2.75) is 39.4 Å². The number of aryl methyl sites for hydroxylation is 1. The average Bonchev–Trinajstić information content (AvgIpc) is 3.23. The predicted molar refractivity (Wildman–Crippen MR) is 140 cm³/mol. The van der Waals surface area contributed by atoms with Gasteiger partial charge in [0.15, 0.2) is 11.2 Å². The third-order valence-corrected chi connectivity index (χ3v) is 5.92. The van der Waals surface area contributed by atoms with Crippen LogP contribution in [0.15, 0.2) is 40.1 Å². The Balaban J connectivity index is 1.96. The molecule has 3 aromatic heterocycles. The summed E-state index contributed by atoms with van der Waals surface area (Å²) in [5, 5.41) is 10.9. The van der Waals surface area contributed by atoms with Crippen molar-refractivity contribution >= 4 is 27.9 Å². The van der Waals surface area contributed by atoms with Crippen molar-refractivity contribution in [1.82, 2.24) is 23.7 Å². The van der Waals surface area contributed by atoms with E-state index in [1.807, 2.05) is 50.1 Å². The summed E-state index contributed by atoms with van der Waals surface area (Å²) in [4.78, 5) is 38.1. The maximum Gasteiger partial charge on any atom is 0.332 e. The molecule has 0 saturated heterocycles. The molecule has 10 heteroatoms. The number of hydrogen-bond donors (Lipinski definition) is 1. The number of benzene rings is 1. The number of anilines is 1. The normalized spacial score (nSPS) is 11.4. The number of nitrogens with two attached hydrogens (primary N) is 1. The van der Waals surface area contributed by atoms with E-state index >= 15 is 0 Å². The summed E-state index contributed by atoms with van der Waals surface area (Å²) < 4.78 is 4.24. The zero-order valence-electron chi connectivity index (χ0n) is 21.0. The summed E-state index contributed by atoms with van der Waals surface area (Å²) in [5.74, 6) is 6.36. The third kappa shape index (κ3) is 4.35. The zero-order chi connectivity index (χ0) is 26.2. The smallest absolute Gasteiger partial charge is 0.332 e. The van der Waals surface area contributed by atoms with Gasteiger partial charge in [-0.25, -0.2) is 4.79 Å². The molecule has 4 rings (SSSR count). The summed E-state index contributed by atoms with van der Waals surface area (Å²) in [5.41, 5.74) is 6.20. The first-order chi connectivity index (χ1) is 17.1. The molecular formula is C26H28N8O2. The Morgan fingerprint density at radius 2 is 1.86 bits per heavy atom. The van der Waals surface area contributed by atoms with Crippen LogP contribution in [0.2, 0.25) is 0 Å². The van der Waals surface area contributed by atoms with Crippen LogP contribution in [0.5, 0.6) is 0 Å². The molecule has 36 heavy (non-hydrogen) atoms. The van der Waals surface area contributed by atoms with Gasteiger partial charge in [-0.2, -0.15) is 10.2 Å². The Bertz CT molecular complexity index is 1700. The monoisotopic (exact) mass is 484 g/mol. The molecule has 10 nitrogen and oxygen atoms in total. The molecule has 0 unspecified atom stereocenters. The van der Waals surface area contributed by atoms with E-state index in [0.717, 1.165) is 4.57 Å². The summed E-state index contributed by atoms with van der Waals surface area (Å²) in [7, 11) is 3.43. The second kappa shape index (κ2) is 9.33. The highest BCUT2D eigenvalue weighted by atomic mass is 16.2. The highest BCUT2D eigenvalue weighted by Crippen LogP contribution is 2.22. The number of rotatable bonds is 6. The van der Waals surface area contributed by atoms with Crippen LogP contribution in [-0.4, -0.2) is 42.8 Å². The van der Waals surface area contributed by atoms with Gasteiger partial charge in [0, 0.05) is 43.1 Å². The van der Waals surface area contributed by atoms with Crippen molar-refractivity contribution in [3.8, 4) is 17.9 Å². The summed E-state index contributed by atoms with van der Waals surface area (Å²) in [6, 6.07) is 9.45. The van der Waals surface area contributed by atoms with E-state index in [2.05, 4.69) is 27.9 Å². The van der Waals surface area contributed by atoms with Gasteiger partial charge >= 0.3 is 5.69 Å². The molecule has 0 bridgehead atoms. The summed E-state index contributed by atoms with van der Waals surface area (Å²) in [6.07, 6.45) is 1.47. The van der Waals surface area contributed by atoms with Crippen molar-refractivity contribution in [2.75, 3.05) is 18.5 Å². The first kappa shape index (κ1) is 24.7. The maximum absolute atomic E-state index is 13.8. The lowest BCUT2D eigenvalue weighted by atomic mass is 10.1. The van der Waals surface area contributed by atoms with Crippen molar-refractivity contribution < 1.29 is 0 Å². The quantitative estimate of drug-likeness (QED) is 0.411. The second-order valence-corrected chi connectivity index (χ2v) is 9.45. The second-order valence-electron chi connectivity index (χ2n) is 9.45. The Morgan fingerprint density at radius 1 is 1.17 bits per heavy atom. The molecule has 184 valence electrons. The van der Waals surface area contributed by atoms with Crippen LogP contribution in [0, 0.1) is 23.2 Å². The molecule has 2 N–H and O–H groups in total. The van der Waals surface area contributed by atoms with E-state index in [-0.39, 0.29) is 24.3 Å². The fourth-order valence-corrected chi connectivity index (χ4v) is 4.40. The molecule has 0 spiro atoms. The van der Waals surface area contributed by atoms with Crippen LogP contribution in [0.3, 0.4) is 0 Å². The van der Waals surface area contributed by atoms with Crippen LogP contribution in [0.1, 0.15) is 32.0 Å². The molecule has 0 radical (unpaired) electrons. The molecule has 0 aliphatic heterocycles. The summed E-state index contributed by atoms with van der Waals surface area (Å²) in [6.45, 7) is 6.17. The van der Waals surface area contributed by atoms with Crippen LogP contribution in [0.25, 0.3) is 21.9 Å². The molecule has 0 fully saturated rings. The molecule has 1 aromatic carbocycles. The molecule has 0 aliphatic carbocycles. The van der Waals surface area contributed by atoms with E-state index < -0.39 is 16.8 Å². The third-order valence-electron chi connectivity index (χ3n) is 5.92. The Morgan fingerprint density at radius 3 is 2.50 bits per heavy atom. The van der Waals surface area contributed by atoms with Crippen LogP contribution in [-0.2, 0) is 20.1 Å². The lowest BCUT2D eigenvalue weighted by Crippen LogP contribution is -2.44. The van der Waals surface area contributed by atoms with Crippen molar-refractivity contribution in [3.63, 3.8) is 0 Å². The SMILES string of the molecule is CC#CCn1c(N(C)CC(C)(C)N)nc2c1c(=O)n(Cc1ncc(C#N)c3ccccc13)c(=O)n2C. The predicted octanol–water partition coefficient (Wildman–Crippen LogP) is 1.56. The number of fused-ring (bicyclic) bond motifs is 2. The molecule has 0 saturated carbocycles. The molecule has 3 heterocycles. The minimum Gasteiger partial charge on any atom is -0.343 e. The van der Waals surface area contributed by atoms with Gasteiger partial charge < -0.3 is 10.6 Å². The van der Waals surface area contributed by atoms with Gasteiger partial charge in [-0.05, 0) is 20.8 Å². The van der Waals surface area contributed by atoms with E-state index in [1.54, 1.807) is 18.5 Å². The first-order valence-corrected chi connectivity index (χ1v) is 11.4. The van der Waals surface area contributed by atoms with Gasteiger partial charge in [0.2, 0.25) is 5.95 Å². The Kier molecular flexibility index (Phi) is 6.40. The lowest BCUT2D eigenvalue weighted by Gasteiger charge is -2.27. The van der Waals surface area contributed by atoms with Crippen LogP contribution < -0.4 is 21.9 Å². The molecule has 4 aromatic rings. The van der Waals surface area contributed by atoms with E-state index in [4.69, 9.17) is 5.73 Å². The first-order valence-electron chi connectivity index (χ1n) is 11.4. The molecule has 0 aliphatic rings. The van der Waals surface area contributed by atoms with Crippen LogP contribution >= 0.6 is 0 Å². The van der Waals surface area contributed by atoms with Gasteiger partial charge in [0.05, 0.1) is 24.3 Å². The van der Waals surface area contributed by atoms with Gasteiger partial charge in [0.25, 0.3) is 5.56 Å². The molecule has 0 atom stereocenters. The standard InChI is InChI=1S/C26H28N8O2/c1-6-7-12-33-21-22(30-24(33)31(4)16-26(2,3)28)32(5)25(36)34(23(21)35)15-20-19-11-9-8-10-18(19)17(13-27)14-29-20/h8-11,14H,12,15-16,28H2,1-5H3. The number of imidazole rings is 1. The van der Waals surface area contributed by atoms with Crippen molar-refractivity contribution in [1.29, 1.82) is 5.26 Å². The van der Waals surface area contributed by atoms with Crippen molar-refractivity contribution in [2.24, 2.45) is 12.8 Å². The Hall–Kier alpha value is -4.41. The minimum atomic E-state index is -0.512. The largest absolute Gasteiger partial charge is 0.343 e. The highest BCUT2D eigenvalue weighted by Gasteiger charge is 2.24. The fraction of sp³-hybridized carbons (Fsp3) is 0.346. The molecule has 0 amide bonds. The average molecular weight is 485 g/mol. The number of pyridine rings is 1. The topological polar surface area (TPSA) is 128 Å². The fourth-order valence-electron chi connectivity index (χ4n) is 4.40. The van der Waals surface area contributed by atoms with Gasteiger partial charge in [-0.1, -0.05) is 30.2 Å². The Labute approximate surface area is 208 Å². The van der Waals surface area contributed by atoms with Gasteiger partial charge in [0.1, 0.15) is 6.07 Å². The number of aromatic nitrogens is 5. The number of hydrogen-bond acceptors (Lipinski definition) is 7. The number of nitriles is 1.